The van der Waals surface area contributed by atoms with Crippen LogP contribution >= 0.6 is 0 Å². The number of aliphatic hydroxyl groups is 8. The molecule has 0 aromatic heterocycles. The molecule has 35 heavy (non-hydrogen) atoms. The maximum atomic E-state index is 12.8. The minimum Gasteiger partial charge on any atom is -0.508 e. The van der Waals surface area contributed by atoms with Gasteiger partial charge in [-0.25, -0.2) is 4.79 Å². The summed E-state index contributed by atoms with van der Waals surface area (Å²) in [4.78, 5) is 12.8. The summed E-state index contributed by atoms with van der Waals surface area (Å²) in [5.74, 6) is -1.22. The van der Waals surface area contributed by atoms with E-state index in [0.29, 0.717) is 0 Å². The van der Waals surface area contributed by atoms with Crippen LogP contribution in [0.5, 0.6) is 11.5 Å². The molecule has 9 N–H and O–H groups in total. The number of methoxy groups -OCH3 is 1. The number of hydrogen-bond acceptors (Lipinski definition) is 14. The lowest BCUT2D eigenvalue weighted by atomic mass is 9.84. The van der Waals surface area contributed by atoms with E-state index in [1.807, 2.05) is 0 Å². The molecule has 1 saturated carbocycles. The standard InChI is InChI=1S/C21H30O14/c1-6-3-7(23)4-8(32-2)10(6)20(31)34-18-9(5-22)33-21(17(30)16(18)29)35-19-14(27)12(25)11(24)13(26)15(19)28/h3-4,9,11-19,21-30H,5H2,1-2H3/t9-,11?,12-,13+,14-,15+,16+,17-,18+,19?,21-/m1/s1. The van der Waals surface area contributed by atoms with E-state index < -0.39 is 79.9 Å². The lowest BCUT2D eigenvalue weighted by Crippen LogP contribution is -2.67. The van der Waals surface area contributed by atoms with Gasteiger partial charge in [0, 0.05) is 6.07 Å². The Morgan fingerprint density at radius 3 is 1.97 bits per heavy atom. The SMILES string of the molecule is COc1cc(O)cc(C)c1C(=O)O[C@@H]1[C@@H](O)[C@@H](O)[C@@H](OC2[C@@H](O)[C@@H](O)C(O)[C@@H](O)[C@H]2O)O[C@@H]1CO. The van der Waals surface area contributed by atoms with Gasteiger partial charge >= 0.3 is 5.97 Å². The minimum atomic E-state index is -1.95. The van der Waals surface area contributed by atoms with Gasteiger partial charge in [-0.3, -0.25) is 0 Å². The Bertz CT molecular complexity index is 877. The zero-order valence-electron chi connectivity index (χ0n) is 18.8. The Balaban J connectivity index is 1.78. The molecular weight excluding hydrogens is 476 g/mol. The van der Waals surface area contributed by atoms with Crippen LogP contribution in [0.1, 0.15) is 15.9 Å². The quantitative estimate of drug-likeness (QED) is 0.167. The number of phenolic OH excluding ortho intramolecular Hbond substituents is 1. The van der Waals surface area contributed by atoms with E-state index in [4.69, 9.17) is 18.9 Å². The number of esters is 1. The summed E-state index contributed by atoms with van der Waals surface area (Å²) in [6, 6.07) is 2.44. The van der Waals surface area contributed by atoms with E-state index in [0.717, 1.165) is 0 Å². The monoisotopic (exact) mass is 506 g/mol. The van der Waals surface area contributed by atoms with E-state index >= 15 is 0 Å². The van der Waals surface area contributed by atoms with Crippen LogP contribution in [0.2, 0.25) is 0 Å². The second-order valence-corrected chi connectivity index (χ2v) is 8.47. The van der Waals surface area contributed by atoms with Gasteiger partial charge in [-0.2, -0.15) is 0 Å². The molecule has 0 amide bonds. The number of rotatable bonds is 6. The number of carbonyl (C=O) groups is 1. The van der Waals surface area contributed by atoms with Gasteiger partial charge in [0.2, 0.25) is 0 Å². The molecule has 2 fully saturated rings. The Morgan fingerprint density at radius 1 is 0.886 bits per heavy atom. The Morgan fingerprint density at radius 2 is 1.43 bits per heavy atom. The predicted molar refractivity (Wildman–Crippen MR) is 111 cm³/mol. The molecule has 1 aromatic carbocycles. The molecule has 2 aliphatic rings. The van der Waals surface area contributed by atoms with Crippen LogP contribution in [0.15, 0.2) is 12.1 Å². The van der Waals surface area contributed by atoms with Crippen LogP contribution < -0.4 is 4.74 Å². The molecule has 0 radical (unpaired) electrons. The molecule has 1 aromatic rings. The van der Waals surface area contributed by atoms with Gasteiger partial charge in [0.25, 0.3) is 0 Å². The second-order valence-electron chi connectivity index (χ2n) is 8.47. The largest absolute Gasteiger partial charge is 0.508 e. The average molecular weight is 506 g/mol. The molecule has 0 spiro atoms. The fraction of sp³-hybridized carbons (Fsp3) is 0.667. The lowest BCUT2D eigenvalue weighted by Gasteiger charge is -2.46. The lowest BCUT2D eigenvalue weighted by molar-refractivity contribution is -0.338. The number of phenols is 1. The van der Waals surface area contributed by atoms with Gasteiger partial charge in [-0.1, -0.05) is 0 Å². The molecule has 0 bridgehead atoms. The number of hydrogen-bond donors (Lipinski definition) is 9. The van der Waals surface area contributed by atoms with Crippen LogP contribution in [0.3, 0.4) is 0 Å². The van der Waals surface area contributed by atoms with Crippen molar-refractivity contribution >= 4 is 5.97 Å². The Hall–Kier alpha value is -2.11. The number of aromatic hydroxyl groups is 1. The summed E-state index contributed by atoms with van der Waals surface area (Å²) in [5, 5.41) is 90.3. The first-order chi connectivity index (χ1) is 16.4. The number of carbonyl (C=O) groups excluding carboxylic acids is 1. The summed E-state index contributed by atoms with van der Waals surface area (Å²) in [7, 11) is 1.26. The summed E-state index contributed by atoms with van der Waals surface area (Å²) < 4.78 is 21.1. The molecule has 14 nitrogen and oxygen atoms in total. The molecule has 1 saturated heterocycles. The van der Waals surface area contributed by atoms with Gasteiger partial charge in [-0.15, -0.1) is 0 Å². The first kappa shape index (κ1) is 27.5. The average Bonchev–Trinajstić information content (AvgIpc) is 2.82. The topological polar surface area (TPSA) is 236 Å². The number of aliphatic hydroxyl groups excluding tert-OH is 8. The maximum Gasteiger partial charge on any atom is 0.342 e. The molecule has 1 aliphatic heterocycles. The Labute approximate surface area is 199 Å². The summed E-state index contributed by atoms with van der Waals surface area (Å²) >= 11 is 0. The third-order valence-electron chi connectivity index (χ3n) is 6.14. The normalized spacial score (nSPS) is 39.8. The summed E-state index contributed by atoms with van der Waals surface area (Å²) in [6.45, 7) is 0.669. The van der Waals surface area contributed by atoms with Gasteiger partial charge < -0.3 is 64.9 Å². The first-order valence-electron chi connectivity index (χ1n) is 10.7. The molecule has 3 rings (SSSR count). The molecule has 198 valence electrons. The van der Waals surface area contributed by atoms with Crippen molar-refractivity contribution in [1.29, 1.82) is 0 Å². The fourth-order valence-electron chi connectivity index (χ4n) is 4.16. The van der Waals surface area contributed by atoms with Crippen molar-refractivity contribution in [2.24, 2.45) is 0 Å². The summed E-state index contributed by atoms with van der Waals surface area (Å²) in [5.41, 5.74) is 0.192. The maximum absolute atomic E-state index is 12.8. The van der Waals surface area contributed by atoms with Crippen molar-refractivity contribution in [1.82, 2.24) is 0 Å². The third-order valence-corrected chi connectivity index (χ3v) is 6.14. The van der Waals surface area contributed by atoms with Crippen LogP contribution in [-0.2, 0) is 14.2 Å². The van der Waals surface area contributed by atoms with E-state index in [1.165, 1.54) is 26.2 Å². The minimum absolute atomic E-state index is 0.0272. The van der Waals surface area contributed by atoms with Crippen molar-refractivity contribution in [3.63, 3.8) is 0 Å². The van der Waals surface area contributed by atoms with Crippen LogP contribution in [-0.4, -0.2) is 133 Å². The van der Waals surface area contributed by atoms with E-state index in [1.54, 1.807) is 0 Å². The zero-order valence-corrected chi connectivity index (χ0v) is 18.8. The van der Waals surface area contributed by atoms with Crippen molar-refractivity contribution in [3.8, 4) is 11.5 Å². The number of ether oxygens (including phenoxy) is 4. The molecule has 1 heterocycles. The van der Waals surface area contributed by atoms with E-state index in [2.05, 4.69) is 0 Å². The first-order valence-corrected chi connectivity index (χ1v) is 10.7. The van der Waals surface area contributed by atoms with Gasteiger partial charge in [0.15, 0.2) is 12.4 Å². The highest BCUT2D eigenvalue weighted by Gasteiger charge is 2.53. The van der Waals surface area contributed by atoms with Crippen LogP contribution in [0.25, 0.3) is 0 Å². The van der Waals surface area contributed by atoms with Gasteiger partial charge in [-0.05, 0) is 18.6 Å². The fourth-order valence-corrected chi connectivity index (χ4v) is 4.16. The highest BCUT2D eigenvalue weighted by atomic mass is 16.7. The van der Waals surface area contributed by atoms with Gasteiger partial charge in [0.1, 0.15) is 72.0 Å². The van der Waals surface area contributed by atoms with Crippen molar-refractivity contribution in [2.75, 3.05) is 13.7 Å². The molecule has 11 atom stereocenters. The summed E-state index contributed by atoms with van der Waals surface area (Å²) in [6.07, 6.45) is -20.0. The van der Waals surface area contributed by atoms with Crippen molar-refractivity contribution in [2.45, 2.75) is 74.3 Å². The second kappa shape index (κ2) is 10.9. The highest BCUT2D eigenvalue weighted by Crippen LogP contribution is 2.32. The zero-order chi connectivity index (χ0) is 26.2. The van der Waals surface area contributed by atoms with E-state index in [-0.39, 0.29) is 22.6 Å². The third kappa shape index (κ3) is 5.22. The molecular formula is C21H30O14. The van der Waals surface area contributed by atoms with Gasteiger partial charge in [0.05, 0.1) is 13.7 Å². The molecule has 1 aliphatic carbocycles. The number of aryl methyl sites for hydroxylation is 1. The smallest absolute Gasteiger partial charge is 0.342 e. The van der Waals surface area contributed by atoms with E-state index in [9.17, 15) is 50.8 Å². The van der Waals surface area contributed by atoms with Crippen molar-refractivity contribution in [3.05, 3.63) is 23.3 Å². The molecule has 2 unspecified atom stereocenters. The Kier molecular flexibility index (Phi) is 8.54. The molecule has 14 heteroatoms. The van der Waals surface area contributed by atoms with Crippen LogP contribution in [0.4, 0.5) is 0 Å². The number of benzene rings is 1. The highest BCUT2D eigenvalue weighted by molar-refractivity contribution is 5.94. The van der Waals surface area contributed by atoms with Crippen molar-refractivity contribution < 1.29 is 69.7 Å². The van der Waals surface area contributed by atoms with Crippen LogP contribution in [0, 0.1) is 6.92 Å². The predicted octanol–water partition coefficient (Wildman–Crippen LogP) is -4.12.